The zero-order chi connectivity index (χ0) is 19.6. The molecule has 27 heavy (non-hydrogen) atoms. The van der Waals surface area contributed by atoms with Gasteiger partial charge in [0, 0.05) is 19.1 Å². The largest absolute Gasteiger partial charge is 0.444 e. The van der Waals surface area contributed by atoms with Crippen molar-refractivity contribution in [3.63, 3.8) is 0 Å². The second-order valence-electron chi connectivity index (χ2n) is 6.19. The maximum Gasteiger partial charge on any atom is 0.417 e. The molecule has 1 aromatic carbocycles. The van der Waals surface area contributed by atoms with Gasteiger partial charge in [0.1, 0.15) is 0 Å². The average molecular weight is 445 g/mol. The van der Waals surface area contributed by atoms with Crippen LogP contribution in [0.3, 0.4) is 0 Å². The molecule has 0 spiro atoms. The minimum atomic E-state index is -4.60. The van der Waals surface area contributed by atoms with E-state index >= 15 is 0 Å². The predicted molar refractivity (Wildman–Crippen MR) is 94.2 cm³/mol. The highest BCUT2D eigenvalue weighted by atomic mass is 79.9. The first-order valence-corrected chi connectivity index (χ1v) is 9.06. The highest BCUT2D eigenvalue weighted by Gasteiger charge is 2.35. The molecular formula is C18H16BrF3N2O3. The van der Waals surface area contributed by atoms with E-state index in [1.165, 1.54) is 12.1 Å². The fourth-order valence-corrected chi connectivity index (χ4v) is 3.31. The summed E-state index contributed by atoms with van der Waals surface area (Å²) in [6.45, 7) is 0.756. The van der Waals surface area contributed by atoms with Crippen molar-refractivity contribution in [3.8, 4) is 0 Å². The van der Waals surface area contributed by atoms with E-state index in [-0.39, 0.29) is 17.7 Å². The minimum Gasteiger partial charge on any atom is -0.444 e. The summed E-state index contributed by atoms with van der Waals surface area (Å²) in [4.78, 5) is 26.2. The summed E-state index contributed by atoms with van der Waals surface area (Å²) in [6.07, 6.45) is -3.69. The van der Waals surface area contributed by atoms with Crippen LogP contribution < -0.4 is 5.32 Å². The van der Waals surface area contributed by atoms with Crippen LogP contribution in [0.5, 0.6) is 0 Å². The predicted octanol–water partition coefficient (Wildman–Crippen LogP) is 4.10. The molecule has 0 atom stereocenters. The molecule has 1 saturated heterocycles. The number of carbonyl (C=O) groups is 2. The first kappa shape index (κ1) is 19.5. The number of carbonyl (C=O) groups excluding carboxylic acids is 2. The molecule has 0 unspecified atom stereocenters. The van der Waals surface area contributed by atoms with Crippen LogP contribution >= 0.6 is 15.9 Å². The van der Waals surface area contributed by atoms with E-state index in [2.05, 4.69) is 21.2 Å². The van der Waals surface area contributed by atoms with Crippen LogP contribution in [0.4, 0.5) is 13.2 Å². The Morgan fingerprint density at radius 2 is 1.78 bits per heavy atom. The molecule has 9 heteroatoms. The highest BCUT2D eigenvalue weighted by Crippen LogP contribution is 2.32. The number of hydrogen-bond acceptors (Lipinski definition) is 3. The maximum atomic E-state index is 13.1. The quantitative estimate of drug-likeness (QED) is 0.774. The van der Waals surface area contributed by atoms with Crippen molar-refractivity contribution in [3.05, 3.63) is 58.0 Å². The van der Waals surface area contributed by atoms with Crippen molar-refractivity contribution in [1.82, 2.24) is 10.2 Å². The third kappa shape index (κ3) is 4.52. The molecule has 2 heterocycles. The number of halogens is 4. The van der Waals surface area contributed by atoms with Crippen molar-refractivity contribution < 1.29 is 27.2 Å². The molecule has 2 aromatic rings. The van der Waals surface area contributed by atoms with Crippen LogP contribution in [0.25, 0.3) is 0 Å². The normalized spacial score (nSPS) is 15.6. The Labute approximate surface area is 161 Å². The van der Waals surface area contributed by atoms with E-state index < -0.39 is 23.2 Å². The van der Waals surface area contributed by atoms with Gasteiger partial charge in [-0.2, -0.15) is 13.2 Å². The van der Waals surface area contributed by atoms with Crippen LogP contribution in [-0.4, -0.2) is 35.8 Å². The number of nitrogens with zero attached hydrogens (tertiary/aromatic N) is 1. The van der Waals surface area contributed by atoms with E-state index in [1.807, 2.05) is 0 Å². The Bertz CT molecular complexity index is 842. The molecule has 2 amide bonds. The van der Waals surface area contributed by atoms with Gasteiger partial charge in [0.15, 0.2) is 10.4 Å². The molecule has 1 fully saturated rings. The van der Waals surface area contributed by atoms with Gasteiger partial charge in [0.05, 0.1) is 11.1 Å². The van der Waals surface area contributed by atoms with E-state index in [0.717, 1.165) is 12.1 Å². The van der Waals surface area contributed by atoms with Crippen LogP contribution in [0, 0.1) is 0 Å². The van der Waals surface area contributed by atoms with E-state index in [9.17, 15) is 22.8 Å². The van der Waals surface area contributed by atoms with Crippen molar-refractivity contribution in [2.24, 2.45) is 0 Å². The topological polar surface area (TPSA) is 62.6 Å². The molecule has 3 rings (SSSR count). The number of benzene rings is 1. The van der Waals surface area contributed by atoms with Crippen molar-refractivity contribution in [1.29, 1.82) is 0 Å². The third-order valence-corrected chi connectivity index (χ3v) is 4.80. The highest BCUT2D eigenvalue weighted by molar-refractivity contribution is 9.10. The fourth-order valence-electron chi connectivity index (χ4n) is 3.00. The third-order valence-electron chi connectivity index (χ3n) is 4.38. The zero-order valence-electron chi connectivity index (χ0n) is 14.1. The molecule has 1 N–H and O–H groups in total. The van der Waals surface area contributed by atoms with Gasteiger partial charge in [-0.3, -0.25) is 9.59 Å². The molecular weight excluding hydrogens is 429 g/mol. The lowest BCUT2D eigenvalue weighted by atomic mass is 10.0. The molecule has 0 aliphatic carbocycles. The average Bonchev–Trinajstić information content (AvgIpc) is 3.07. The summed E-state index contributed by atoms with van der Waals surface area (Å²) in [5, 5.41) is 2.64. The standard InChI is InChI=1S/C18H16BrF3N2O3/c19-15-6-5-14(27-15)17(26)24-9-7-11(8-10-24)23-16(25)12-3-1-2-4-13(12)18(20,21)22/h1-6,11H,7-10H2,(H,23,25). The summed E-state index contributed by atoms with van der Waals surface area (Å²) in [6, 6.07) is 7.57. The zero-order valence-corrected chi connectivity index (χ0v) is 15.6. The number of furan rings is 1. The summed E-state index contributed by atoms with van der Waals surface area (Å²) in [7, 11) is 0. The smallest absolute Gasteiger partial charge is 0.417 e. The molecule has 5 nitrogen and oxygen atoms in total. The Kier molecular flexibility index (Phi) is 5.59. The van der Waals surface area contributed by atoms with Crippen molar-refractivity contribution in [2.45, 2.75) is 25.1 Å². The number of piperidine rings is 1. The molecule has 144 valence electrons. The lowest BCUT2D eigenvalue weighted by Gasteiger charge is -2.32. The minimum absolute atomic E-state index is 0.212. The van der Waals surface area contributed by atoms with Crippen LogP contribution in [0.15, 0.2) is 45.5 Å². The number of hydrogen-bond donors (Lipinski definition) is 1. The Hall–Kier alpha value is -2.29. The Balaban J connectivity index is 1.60. The number of amides is 2. The summed E-state index contributed by atoms with van der Waals surface area (Å²) in [5.74, 6) is -0.806. The van der Waals surface area contributed by atoms with Crippen LogP contribution in [-0.2, 0) is 6.18 Å². The van der Waals surface area contributed by atoms with Crippen LogP contribution in [0.2, 0.25) is 0 Å². The van der Waals surface area contributed by atoms with E-state index in [1.54, 1.807) is 17.0 Å². The second-order valence-corrected chi connectivity index (χ2v) is 6.97. The lowest BCUT2D eigenvalue weighted by Crippen LogP contribution is -2.46. The van der Waals surface area contributed by atoms with Crippen LogP contribution in [0.1, 0.15) is 39.3 Å². The monoisotopic (exact) mass is 444 g/mol. The van der Waals surface area contributed by atoms with Gasteiger partial charge in [-0.15, -0.1) is 0 Å². The molecule has 1 aliphatic heterocycles. The Morgan fingerprint density at radius 3 is 2.37 bits per heavy atom. The van der Waals surface area contributed by atoms with Crippen molar-refractivity contribution >= 4 is 27.7 Å². The first-order valence-electron chi connectivity index (χ1n) is 8.27. The summed E-state index contributed by atoms with van der Waals surface area (Å²) in [5.41, 5.74) is -1.36. The van der Waals surface area contributed by atoms with E-state index in [0.29, 0.717) is 30.6 Å². The summed E-state index contributed by atoms with van der Waals surface area (Å²) >= 11 is 3.14. The molecule has 1 aliphatic rings. The summed E-state index contributed by atoms with van der Waals surface area (Å²) < 4.78 is 44.9. The first-order chi connectivity index (χ1) is 12.8. The maximum absolute atomic E-state index is 13.1. The number of nitrogens with one attached hydrogen (secondary N) is 1. The number of rotatable bonds is 3. The number of alkyl halides is 3. The van der Waals surface area contributed by atoms with Gasteiger partial charge in [0.2, 0.25) is 0 Å². The SMILES string of the molecule is O=C(NC1CCN(C(=O)c2ccc(Br)o2)CC1)c1ccccc1C(F)(F)F. The lowest BCUT2D eigenvalue weighted by molar-refractivity contribution is -0.137. The number of likely N-dealkylation sites (tertiary alicyclic amines) is 1. The van der Waals surface area contributed by atoms with E-state index in [4.69, 9.17) is 4.42 Å². The molecule has 1 aromatic heterocycles. The van der Waals surface area contributed by atoms with Gasteiger partial charge in [0.25, 0.3) is 11.8 Å². The van der Waals surface area contributed by atoms with Gasteiger partial charge >= 0.3 is 6.18 Å². The fraction of sp³-hybridized carbons (Fsp3) is 0.333. The molecule has 0 radical (unpaired) electrons. The van der Waals surface area contributed by atoms with Gasteiger partial charge < -0.3 is 14.6 Å². The van der Waals surface area contributed by atoms with Crippen molar-refractivity contribution in [2.75, 3.05) is 13.1 Å². The second kappa shape index (κ2) is 7.75. The Morgan fingerprint density at radius 1 is 1.11 bits per heavy atom. The van der Waals surface area contributed by atoms with Gasteiger partial charge in [-0.25, -0.2) is 0 Å². The molecule has 0 bridgehead atoms. The molecule has 0 saturated carbocycles. The van der Waals surface area contributed by atoms with Gasteiger partial charge in [-0.05, 0) is 53.0 Å². The van der Waals surface area contributed by atoms with Gasteiger partial charge in [-0.1, -0.05) is 12.1 Å².